The first-order valence-corrected chi connectivity index (χ1v) is 8.33. The maximum absolute atomic E-state index is 12.3. The second-order valence-electron chi connectivity index (χ2n) is 6.63. The van der Waals surface area contributed by atoms with Crippen molar-refractivity contribution in [2.24, 2.45) is 0 Å². The number of nitrogens with zero attached hydrogens (tertiary/aromatic N) is 1. The van der Waals surface area contributed by atoms with Gasteiger partial charge >= 0.3 is 0 Å². The molecule has 1 aliphatic carbocycles. The van der Waals surface area contributed by atoms with Gasteiger partial charge < -0.3 is 14.6 Å². The van der Waals surface area contributed by atoms with Gasteiger partial charge in [0, 0.05) is 24.9 Å². The molecule has 3 atom stereocenters. The van der Waals surface area contributed by atoms with Crippen molar-refractivity contribution in [3.05, 3.63) is 59.5 Å². The van der Waals surface area contributed by atoms with Crippen molar-refractivity contribution in [1.82, 2.24) is 10.2 Å². The summed E-state index contributed by atoms with van der Waals surface area (Å²) in [5.41, 5.74) is 1.83. The number of amides is 2. The van der Waals surface area contributed by atoms with Crippen LogP contribution in [0.25, 0.3) is 0 Å². The summed E-state index contributed by atoms with van der Waals surface area (Å²) < 4.78 is 5.17. The molecule has 1 N–H and O–H groups in total. The molecule has 1 aliphatic heterocycles. The van der Waals surface area contributed by atoms with Crippen LogP contribution in [0.5, 0.6) is 0 Å². The molecule has 4 rings (SSSR count). The molecule has 1 aromatic carbocycles. The molecular weight excluding hydrogens is 304 g/mol. The SMILES string of the molecule is Cc1occc1C(=O)N[C@@H]1CC(=O)N([C@H]2C[C@H]2c2ccccc2)C1. The zero-order valence-electron chi connectivity index (χ0n) is 13.6. The predicted molar refractivity (Wildman–Crippen MR) is 88.6 cm³/mol. The second-order valence-corrected chi connectivity index (χ2v) is 6.63. The number of carbonyl (C=O) groups is 2. The fourth-order valence-electron chi connectivity index (χ4n) is 3.62. The van der Waals surface area contributed by atoms with E-state index in [9.17, 15) is 9.59 Å². The van der Waals surface area contributed by atoms with Crippen molar-refractivity contribution in [3.8, 4) is 0 Å². The van der Waals surface area contributed by atoms with E-state index in [0.717, 1.165) is 6.42 Å². The van der Waals surface area contributed by atoms with E-state index in [4.69, 9.17) is 4.42 Å². The Kier molecular flexibility index (Phi) is 3.63. The van der Waals surface area contributed by atoms with Gasteiger partial charge in [0.15, 0.2) is 0 Å². The number of hydrogen-bond donors (Lipinski definition) is 1. The Hall–Kier alpha value is -2.56. The lowest BCUT2D eigenvalue weighted by Crippen LogP contribution is -2.37. The summed E-state index contributed by atoms with van der Waals surface area (Å²) in [5, 5.41) is 2.96. The summed E-state index contributed by atoms with van der Waals surface area (Å²) in [6.45, 7) is 2.35. The molecular formula is C19H20N2O3. The second kappa shape index (κ2) is 5.82. The molecule has 0 radical (unpaired) electrons. The van der Waals surface area contributed by atoms with Crippen molar-refractivity contribution < 1.29 is 14.0 Å². The van der Waals surface area contributed by atoms with Crippen molar-refractivity contribution in [3.63, 3.8) is 0 Å². The Balaban J connectivity index is 1.38. The maximum atomic E-state index is 12.3. The van der Waals surface area contributed by atoms with E-state index in [1.807, 2.05) is 23.1 Å². The van der Waals surface area contributed by atoms with Gasteiger partial charge in [0.25, 0.3) is 5.91 Å². The van der Waals surface area contributed by atoms with Crippen molar-refractivity contribution >= 4 is 11.8 Å². The van der Waals surface area contributed by atoms with Crippen LogP contribution in [0, 0.1) is 6.92 Å². The number of hydrogen-bond acceptors (Lipinski definition) is 3. The zero-order chi connectivity index (χ0) is 16.7. The van der Waals surface area contributed by atoms with E-state index in [0.29, 0.717) is 30.2 Å². The molecule has 5 heteroatoms. The Morgan fingerprint density at radius 1 is 1.25 bits per heavy atom. The molecule has 5 nitrogen and oxygen atoms in total. The minimum atomic E-state index is -0.170. The van der Waals surface area contributed by atoms with Crippen LogP contribution in [0.3, 0.4) is 0 Å². The van der Waals surface area contributed by atoms with Gasteiger partial charge in [0.05, 0.1) is 17.9 Å². The number of likely N-dealkylation sites (tertiary alicyclic amines) is 1. The summed E-state index contributed by atoms with van der Waals surface area (Å²) in [4.78, 5) is 26.5. The molecule has 0 spiro atoms. The largest absolute Gasteiger partial charge is 0.469 e. The number of carbonyl (C=O) groups excluding carboxylic acids is 2. The van der Waals surface area contributed by atoms with Crippen LogP contribution in [0.2, 0.25) is 0 Å². The van der Waals surface area contributed by atoms with E-state index in [-0.39, 0.29) is 23.9 Å². The van der Waals surface area contributed by atoms with E-state index in [1.165, 1.54) is 11.8 Å². The van der Waals surface area contributed by atoms with Crippen LogP contribution in [0.15, 0.2) is 47.1 Å². The predicted octanol–water partition coefficient (Wildman–Crippen LogP) is 2.47. The topological polar surface area (TPSA) is 62.6 Å². The summed E-state index contributed by atoms with van der Waals surface area (Å²) >= 11 is 0. The van der Waals surface area contributed by atoms with Gasteiger partial charge in [0.2, 0.25) is 5.91 Å². The summed E-state index contributed by atoms with van der Waals surface area (Å²) in [6, 6.07) is 12.1. The molecule has 2 fully saturated rings. The van der Waals surface area contributed by atoms with Gasteiger partial charge in [-0.2, -0.15) is 0 Å². The minimum Gasteiger partial charge on any atom is -0.469 e. The van der Waals surface area contributed by atoms with Crippen LogP contribution in [0.1, 0.15) is 40.4 Å². The quantitative estimate of drug-likeness (QED) is 0.940. The number of nitrogens with one attached hydrogen (secondary N) is 1. The van der Waals surface area contributed by atoms with Gasteiger partial charge in [-0.3, -0.25) is 9.59 Å². The normalized spacial score (nSPS) is 25.8. The molecule has 0 unspecified atom stereocenters. The van der Waals surface area contributed by atoms with E-state index < -0.39 is 0 Å². The van der Waals surface area contributed by atoms with E-state index in [2.05, 4.69) is 17.4 Å². The highest BCUT2D eigenvalue weighted by Crippen LogP contribution is 2.45. The first-order valence-electron chi connectivity index (χ1n) is 8.33. The lowest BCUT2D eigenvalue weighted by Gasteiger charge is -2.17. The van der Waals surface area contributed by atoms with Crippen LogP contribution in [-0.4, -0.2) is 35.3 Å². The molecule has 124 valence electrons. The zero-order valence-corrected chi connectivity index (χ0v) is 13.6. The molecule has 2 amide bonds. The fraction of sp³-hybridized carbons (Fsp3) is 0.368. The Morgan fingerprint density at radius 3 is 2.75 bits per heavy atom. The molecule has 1 saturated heterocycles. The van der Waals surface area contributed by atoms with Crippen molar-refractivity contribution in [1.29, 1.82) is 0 Å². The summed E-state index contributed by atoms with van der Waals surface area (Å²) in [7, 11) is 0. The smallest absolute Gasteiger partial charge is 0.255 e. The maximum Gasteiger partial charge on any atom is 0.255 e. The molecule has 2 heterocycles. The van der Waals surface area contributed by atoms with Gasteiger partial charge in [-0.05, 0) is 25.0 Å². The van der Waals surface area contributed by atoms with Crippen LogP contribution in [0.4, 0.5) is 0 Å². The van der Waals surface area contributed by atoms with Gasteiger partial charge in [-0.1, -0.05) is 30.3 Å². The van der Waals surface area contributed by atoms with Gasteiger partial charge in [-0.25, -0.2) is 0 Å². The molecule has 1 saturated carbocycles. The standard InChI is InChI=1S/C19H20N2O3/c1-12-15(7-8-24-12)19(23)20-14-9-18(22)21(11-14)17-10-16(17)13-5-3-2-4-6-13/h2-8,14,16-17H,9-11H2,1H3,(H,20,23)/t14-,16+,17+/m1/s1. The summed E-state index contributed by atoms with van der Waals surface area (Å²) in [5.74, 6) is 0.990. The first-order chi connectivity index (χ1) is 11.6. The highest BCUT2D eigenvalue weighted by molar-refractivity contribution is 5.95. The third kappa shape index (κ3) is 2.70. The fourth-order valence-corrected chi connectivity index (χ4v) is 3.62. The lowest BCUT2D eigenvalue weighted by atomic mass is 10.1. The minimum absolute atomic E-state index is 0.128. The monoisotopic (exact) mass is 324 g/mol. The molecule has 1 aromatic heterocycles. The molecule has 2 aromatic rings. The Labute approximate surface area is 140 Å². The number of rotatable bonds is 4. The number of benzene rings is 1. The number of aryl methyl sites for hydroxylation is 1. The Morgan fingerprint density at radius 2 is 2.04 bits per heavy atom. The first kappa shape index (κ1) is 15.0. The average molecular weight is 324 g/mol. The number of furan rings is 1. The van der Waals surface area contributed by atoms with Crippen LogP contribution in [-0.2, 0) is 4.79 Å². The van der Waals surface area contributed by atoms with Crippen LogP contribution >= 0.6 is 0 Å². The highest BCUT2D eigenvalue weighted by Gasteiger charge is 2.48. The van der Waals surface area contributed by atoms with Crippen LogP contribution < -0.4 is 5.32 Å². The third-order valence-electron chi connectivity index (χ3n) is 4.98. The van der Waals surface area contributed by atoms with E-state index in [1.54, 1.807) is 13.0 Å². The van der Waals surface area contributed by atoms with Crippen molar-refractivity contribution in [2.45, 2.75) is 37.8 Å². The molecule has 24 heavy (non-hydrogen) atoms. The van der Waals surface area contributed by atoms with Gasteiger partial charge in [-0.15, -0.1) is 0 Å². The Bertz CT molecular complexity index is 768. The highest BCUT2D eigenvalue weighted by atomic mass is 16.3. The lowest BCUT2D eigenvalue weighted by molar-refractivity contribution is -0.128. The third-order valence-corrected chi connectivity index (χ3v) is 4.98. The summed E-state index contributed by atoms with van der Waals surface area (Å²) in [6.07, 6.45) is 2.89. The average Bonchev–Trinajstić information content (AvgIpc) is 3.12. The molecule has 0 bridgehead atoms. The van der Waals surface area contributed by atoms with E-state index >= 15 is 0 Å². The van der Waals surface area contributed by atoms with Gasteiger partial charge in [0.1, 0.15) is 5.76 Å². The van der Waals surface area contributed by atoms with Crippen molar-refractivity contribution in [2.75, 3.05) is 6.54 Å². The molecule has 2 aliphatic rings.